The zero-order valence-electron chi connectivity index (χ0n) is 12.1. The molecule has 0 saturated carbocycles. The largest absolute Gasteiger partial charge is 0.339 e. The quantitative estimate of drug-likeness (QED) is 0.846. The number of hydrogen-bond acceptors (Lipinski definition) is 2. The molecular formula is C15H21N3O. The summed E-state index contributed by atoms with van der Waals surface area (Å²) in [5.41, 5.74) is 3.84. The molecule has 2 aromatic rings. The van der Waals surface area contributed by atoms with E-state index in [1.54, 1.807) is 0 Å². The molecule has 0 spiro atoms. The molecule has 4 nitrogen and oxygen atoms in total. The fraction of sp³-hybridized carbons (Fsp3) is 0.467. The molecule has 0 fully saturated rings. The maximum Gasteiger partial charge on any atom is 0.255 e. The van der Waals surface area contributed by atoms with Crippen molar-refractivity contribution in [2.75, 3.05) is 13.1 Å². The first kappa shape index (κ1) is 13.6. The zero-order chi connectivity index (χ0) is 14.0. The number of aromatic nitrogens is 2. The van der Waals surface area contributed by atoms with Gasteiger partial charge in [-0.05, 0) is 39.3 Å². The van der Waals surface area contributed by atoms with Crippen molar-refractivity contribution in [1.29, 1.82) is 0 Å². The minimum Gasteiger partial charge on any atom is -0.339 e. The summed E-state index contributed by atoms with van der Waals surface area (Å²) in [6.07, 6.45) is 2.81. The van der Waals surface area contributed by atoms with E-state index in [0.717, 1.165) is 42.1 Å². The molecule has 19 heavy (non-hydrogen) atoms. The molecule has 0 radical (unpaired) electrons. The number of carbonyl (C=O) groups is 1. The van der Waals surface area contributed by atoms with E-state index in [9.17, 15) is 4.79 Å². The highest BCUT2D eigenvalue weighted by molar-refractivity contribution is 5.94. The van der Waals surface area contributed by atoms with Crippen molar-refractivity contribution < 1.29 is 4.79 Å². The van der Waals surface area contributed by atoms with Crippen LogP contribution in [0.15, 0.2) is 18.3 Å². The summed E-state index contributed by atoms with van der Waals surface area (Å²) in [4.78, 5) is 18.7. The van der Waals surface area contributed by atoms with Crippen LogP contribution in [0.3, 0.4) is 0 Å². The van der Waals surface area contributed by atoms with Gasteiger partial charge in [-0.2, -0.15) is 0 Å². The molecule has 0 bridgehead atoms. The van der Waals surface area contributed by atoms with Crippen LogP contribution in [-0.4, -0.2) is 33.3 Å². The van der Waals surface area contributed by atoms with Gasteiger partial charge in [-0.25, -0.2) is 4.98 Å². The zero-order valence-corrected chi connectivity index (χ0v) is 12.1. The predicted molar refractivity (Wildman–Crippen MR) is 76.6 cm³/mol. The molecule has 0 aliphatic rings. The number of hydrogen-bond donors (Lipinski definition) is 0. The van der Waals surface area contributed by atoms with Gasteiger partial charge in [-0.1, -0.05) is 6.92 Å². The second kappa shape index (κ2) is 5.43. The molecule has 0 aliphatic heterocycles. The Bertz CT molecular complexity index is 597. The first-order valence-electron chi connectivity index (χ1n) is 6.89. The lowest BCUT2D eigenvalue weighted by molar-refractivity contribution is 0.0772. The molecule has 0 N–H and O–H groups in total. The summed E-state index contributed by atoms with van der Waals surface area (Å²) in [6, 6.07) is 3.78. The molecule has 2 aromatic heterocycles. The van der Waals surface area contributed by atoms with E-state index in [2.05, 4.69) is 11.9 Å². The lowest BCUT2D eigenvalue weighted by atomic mass is 10.2. The van der Waals surface area contributed by atoms with Crippen LogP contribution in [-0.2, 0) is 6.42 Å². The van der Waals surface area contributed by atoms with E-state index >= 15 is 0 Å². The normalized spacial score (nSPS) is 10.9. The molecule has 102 valence electrons. The van der Waals surface area contributed by atoms with Crippen molar-refractivity contribution in [3.8, 4) is 0 Å². The number of fused-ring (bicyclic) bond motifs is 1. The molecule has 0 atom stereocenters. The SMILES string of the molecule is CCc1nc2ccc(C(=O)N(CC)CC)cn2c1C. The van der Waals surface area contributed by atoms with Gasteiger partial charge in [0.25, 0.3) is 5.91 Å². The monoisotopic (exact) mass is 259 g/mol. The standard InChI is InChI=1S/C15H21N3O/c1-5-13-11(4)18-10-12(8-9-14(18)16-13)15(19)17(6-2)7-3/h8-10H,5-7H2,1-4H3. The predicted octanol–water partition coefficient (Wildman–Crippen LogP) is 2.69. The van der Waals surface area contributed by atoms with E-state index in [-0.39, 0.29) is 5.91 Å². The molecule has 0 aromatic carbocycles. The summed E-state index contributed by atoms with van der Waals surface area (Å²) in [5.74, 6) is 0.0815. The Hall–Kier alpha value is -1.84. The number of pyridine rings is 1. The van der Waals surface area contributed by atoms with E-state index in [0.29, 0.717) is 0 Å². The average molecular weight is 259 g/mol. The second-order valence-corrected chi connectivity index (χ2v) is 4.62. The fourth-order valence-corrected chi connectivity index (χ4v) is 2.37. The van der Waals surface area contributed by atoms with Gasteiger partial charge >= 0.3 is 0 Å². The van der Waals surface area contributed by atoms with Crippen LogP contribution in [0.2, 0.25) is 0 Å². The first-order chi connectivity index (χ1) is 9.12. The summed E-state index contributed by atoms with van der Waals surface area (Å²) >= 11 is 0. The fourth-order valence-electron chi connectivity index (χ4n) is 2.37. The van der Waals surface area contributed by atoms with Crippen LogP contribution in [0.4, 0.5) is 0 Å². The highest BCUT2D eigenvalue weighted by atomic mass is 16.2. The van der Waals surface area contributed by atoms with Gasteiger partial charge in [0.05, 0.1) is 11.3 Å². The third-order valence-electron chi connectivity index (χ3n) is 3.59. The Kier molecular flexibility index (Phi) is 3.88. The van der Waals surface area contributed by atoms with Gasteiger partial charge < -0.3 is 9.30 Å². The molecule has 1 amide bonds. The van der Waals surface area contributed by atoms with Gasteiger partial charge in [0.2, 0.25) is 0 Å². The number of carbonyl (C=O) groups excluding carboxylic acids is 1. The Morgan fingerprint density at radius 1 is 1.26 bits per heavy atom. The topological polar surface area (TPSA) is 37.6 Å². The van der Waals surface area contributed by atoms with E-state index in [4.69, 9.17) is 0 Å². The molecule has 0 saturated heterocycles. The Morgan fingerprint density at radius 3 is 2.53 bits per heavy atom. The molecule has 2 heterocycles. The maximum atomic E-state index is 12.3. The number of aryl methyl sites for hydroxylation is 2. The highest BCUT2D eigenvalue weighted by Crippen LogP contribution is 2.15. The summed E-state index contributed by atoms with van der Waals surface area (Å²) in [5, 5.41) is 0. The van der Waals surface area contributed by atoms with Crippen molar-refractivity contribution in [2.45, 2.75) is 34.1 Å². The van der Waals surface area contributed by atoms with Crippen LogP contribution in [0.5, 0.6) is 0 Å². The summed E-state index contributed by atoms with van der Waals surface area (Å²) in [7, 11) is 0. The molecule has 2 rings (SSSR count). The molecular weight excluding hydrogens is 238 g/mol. The maximum absolute atomic E-state index is 12.3. The van der Waals surface area contributed by atoms with Gasteiger partial charge in [-0.15, -0.1) is 0 Å². The Balaban J connectivity index is 2.46. The van der Waals surface area contributed by atoms with Crippen molar-refractivity contribution in [1.82, 2.24) is 14.3 Å². The number of rotatable bonds is 4. The van der Waals surface area contributed by atoms with Gasteiger partial charge in [0, 0.05) is 25.0 Å². The van der Waals surface area contributed by atoms with E-state index in [1.807, 2.05) is 48.4 Å². The van der Waals surface area contributed by atoms with Gasteiger partial charge in [-0.3, -0.25) is 4.79 Å². The lowest BCUT2D eigenvalue weighted by Crippen LogP contribution is -2.30. The van der Waals surface area contributed by atoms with Crippen LogP contribution >= 0.6 is 0 Å². The van der Waals surface area contributed by atoms with E-state index in [1.165, 1.54) is 0 Å². The smallest absolute Gasteiger partial charge is 0.255 e. The summed E-state index contributed by atoms with van der Waals surface area (Å²) < 4.78 is 2.01. The minimum absolute atomic E-state index is 0.0815. The summed E-state index contributed by atoms with van der Waals surface area (Å²) in [6.45, 7) is 9.60. The Morgan fingerprint density at radius 2 is 1.95 bits per heavy atom. The molecule has 0 aliphatic carbocycles. The van der Waals surface area contributed by atoms with Gasteiger partial charge in [0.1, 0.15) is 5.65 Å². The first-order valence-corrected chi connectivity index (χ1v) is 6.89. The molecule has 4 heteroatoms. The van der Waals surface area contributed by atoms with Crippen LogP contribution in [0.25, 0.3) is 5.65 Å². The molecule has 0 unspecified atom stereocenters. The lowest BCUT2D eigenvalue weighted by Gasteiger charge is -2.18. The van der Waals surface area contributed by atoms with E-state index < -0.39 is 0 Å². The van der Waals surface area contributed by atoms with Crippen molar-refractivity contribution in [3.63, 3.8) is 0 Å². The third-order valence-corrected chi connectivity index (χ3v) is 3.59. The van der Waals surface area contributed by atoms with Crippen LogP contribution < -0.4 is 0 Å². The Labute approximate surface area is 114 Å². The number of amides is 1. The highest BCUT2D eigenvalue weighted by Gasteiger charge is 2.14. The second-order valence-electron chi connectivity index (χ2n) is 4.62. The number of nitrogens with zero attached hydrogens (tertiary/aromatic N) is 3. The van der Waals surface area contributed by atoms with Crippen molar-refractivity contribution in [2.24, 2.45) is 0 Å². The van der Waals surface area contributed by atoms with Crippen LogP contribution in [0.1, 0.15) is 42.5 Å². The average Bonchev–Trinajstić information content (AvgIpc) is 2.76. The minimum atomic E-state index is 0.0815. The number of imidazole rings is 1. The third kappa shape index (κ3) is 2.35. The van der Waals surface area contributed by atoms with Crippen LogP contribution in [0, 0.1) is 6.92 Å². The van der Waals surface area contributed by atoms with Crippen molar-refractivity contribution in [3.05, 3.63) is 35.3 Å². The van der Waals surface area contributed by atoms with Crippen molar-refractivity contribution >= 4 is 11.6 Å². The van der Waals surface area contributed by atoms with Gasteiger partial charge in [0.15, 0.2) is 0 Å².